The molecule has 0 amide bonds. The second-order valence-corrected chi connectivity index (χ2v) is 4.45. The van der Waals surface area contributed by atoms with Gasteiger partial charge < -0.3 is 0 Å². The lowest BCUT2D eigenvalue weighted by Gasteiger charge is -2.00. The van der Waals surface area contributed by atoms with Crippen LogP contribution in [-0.4, -0.2) is 9.78 Å². The van der Waals surface area contributed by atoms with E-state index in [9.17, 15) is 4.39 Å². The van der Waals surface area contributed by atoms with Gasteiger partial charge in [0.05, 0.1) is 5.69 Å². The van der Waals surface area contributed by atoms with E-state index in [1.54, 1.807) is 11.7 Å². The fourth-order valence-electron chi connectivity index (χ4n) is 1.73. The van der Waals surface area contributed by atoms with Crippen LogP contribution in [-0.2, 0) is 7.05 Å². The standard InChI is InChI=1S/C11H10BrFN2/c1-6(2)11-8-4-7(12)5-9(13)10(8)14-15(11)3/h4-5H,1H2,2-3H3. The van der Waals surface area contributed by atoms with Gasteiger partial charge in [0.1, 0.15) is 5.52 Å². The number of allylic oxidation sites excluding steroid dienone is 1. The minimum absolute atomic E-state index is 0.317. The number of rotatable bonds is 1. The molecule has 4 heteroatoms. The molecule has 78 valence electrons. The van der Waals surface area contributed by atoms with Crippen molar-refractivity contribution in [3.8, 4) is 0 Å². The maximum atomic E-state index is 13.6. The molecule has 0 fully saturated rings. The number of benzene rings is 1. The van der Waals surface area contributed by atoms with Crippen molar-refractivity contribution in [3.05, 3.63) is 34.7 Å². The van der Waals surface area contributed by atoms with Crippen LogP contribution in [0.3, 0.4) is 0 Å². The predicted octanol–water partition coefficient (Wildman–Crippen LogP) is 3.51. The number of nitrogens with zero attached hydrogens (tertiary/aromatic N) is 2. The summed E-state index contributed by atoms with van der Waals surface area (Å²) in [4.78, 5) is 0. The van der Waals surface area contributed by atoms with Crippen LogP contribution in [0.25, 0.3) is 16.5 Å². The minimum atomic E-state index is -0.317. The Labute approximate surface area is 95.5 Å². The predicted molar refractivity (Wildman–Crippen MR) is 63.1 cm³/mol. The van der Waals surface area contributed by atoms with Crippen molar-refractivity contribution in [3.63, 3.8) is 0 Å². The average molecular weight is 269 g/mol. The molecule has 0 spiro atoms. The zero-order valence-corrected chi connectivity index (χ0v) is 10.1. The molecular weight excluding hydrogens is 259 g/mol. The van der Waals surface area contributed by atoms with Gasteiger partial charge in [0.2, 0.25) is 0 Å². The van der Waals surface area contributed by atoms with Gasteiger partial charge in [-0.1, -0.05) is 22.5 Å². The summed E-state index contributed by atoms with van der Waals surface area (Å²) in [5.41, 5.74) is 2.13. The largest absolute Gasteiger partial charge is 0.267 e. The van der Waals surface area contributed by atoms with Crippen LogP contribution in [0.4, 0.5) is 4.39 Å². The molecule has 1 aromatic heterocycles. The van der Waals surface area contributed by atoms with Gasteiger partial charge in [-0.15, -0.1) is 0 Å². The molecule has 0 atom stereocenters. The number of halogens is 2. The molecule has 0 bridgehead atoms. The molecule has 0 radical (unpaired) electrons. The molecule has 0 saturated carbocycles. The molecule has 0 unspecified atom stereocenters. The van der Waals surface area contributed by atoms with Crippen LogP contribution in [0.2, 0.25) is 0 Å². The number of aryl methyl sites for hydroxylation is 1. The Morgan fingerprint density at radius 3 is 2.80 bits per heavy atom. The molecule has 15 heavy (non-hydrogen) atoms. The van der Waals surface area contributed by atoms with Crippen LogP contribution in [0.15, 0.2) is 23.2 Å². The van der Waals surface area contributed by atoms with Gasteiger partial charge in [0.15, 0.2) is 5.82 Å². The maximum absolute atomic E-state index is 13.6. The Balaban J connectivity index is 2.93. The fraction of sp³-hybridized carbons (Fsp3) is 0.182. The second-order valence-electron chi connectivity index (χ2n) is 3.54. The number of fused-ring (bicyclic) bond motifs is 1. The molecule has 0 aliphatic carbocycles. The van der Waals surface area contributed by atoms with Crippen molar-refractivity contribution in [2.24, 2.45) is 7.05 Å². The normalized spacial score (nSPS) is 10.9. The van der Waals surface area contributed by atoms with E-state index >= 15 is 0 Å². The van der Waals surface area contributed by atoms with Crippen LogP contribution in [0.1, 0.15) is 12.6 Å². The summed E-state index contributed by atoms with van der Waals surface area (Å²) in [6.07, 6.45) is 0. The Bertz CT molecular complexity index is 557. The van der Waals surface area contributed by atoms with Crippen molar-refractivity contribution in [2.45, 2.75) is 6.92 Å². The highest BCUT2D eigenvalue weighted by atomic mass is 79.9. The van der Waals surface area contributed by atoms with Gasteiger partial charge in [0.25, 0.3) is 0 Å². The molecule has 0 saturated heterocycles. The highest BCUT2D eigenvalue weighted by Gasteiger charge is 2.13. The first-order valence-electron chi connectivity index (χ1n) is 4.48. The summed E-state index contributed by atoms with van der Waals surface area (Å²) in [6, 6.07) is 3.27. The quantitative estimate of drug-likeness (QED) is 0.774. The van der Waals surface area contributed by atoms with E-state index in [-0.39, 0.29) is 5.82 Å². The molecule has 2 rings (SSSR count). The highest BCUT2D eigenvalue weighted by Crippen LogP contribution is 2.28. The molecule has 0 N–H and O–H groups in total. The Morgan fingerprint density at radius 1 is 1.53 bits per heavy atom. The lowest BCUT2D eigenvalue weighted by molar-refractivity contribution is 0.631. The molecule has 0 aliphatic rings. The van der Waals surface area contributed by atoms with Gasteiger partial charge in [-0.3, -0.25) is 4.68 Å². The summed E-state index contributed by atoms with van der Waals surface area (Å²) in [5.74, 6) is -0.317. The fourth-order valence-corrected chi connectivity index (χ4v) is 2.16. The third kappa shape index (κ3) is 1.59. The molecule has 2 nitrogen and oxygen atoms in total. The zero-order chi connectivity index (χ0) is 11.2. The summed E-state index contributed by atoms with van der Waals surface area (Å²) < 4.78 is 15.9. The van der Waals surface area contributed by atoms with Gasteiger partial charge in [-0.25, -0.2) is 4.39 Å². The van der Waals surface area contributed by atoms with E-state index in [4.69, 9.17) is 0 Å². The van der Waals surface area contributed by atoms with Crippen LogP contribution < -0.4 is 0 Å². The van der Waals surface area contributed by atoms with Gasteiger partial charge in [-0.05, 0) is 24.6 Å². The van der Waals surface area contributed by atoms with Crippen molar-refractivity contribution >= 4 is 32.4 Å². The number of hydrogen-bond acceptors (Lipinski definition) is 1. The Morgan fingerprint density at radius 2 is 2.20 bits per heavy atom. The van der Waals surface area contributed by atoms with E-state index in [0.29, 0.717) is 9.99 Å². The van der Waals surface area contributed by atoms with Crippen LogP contribution in [0.5, 0.6) is 0 Å². The highest BCUT2D eigenvalue weighted by molar-refractivity contribution is 9.10. The third-order valence-electron chi connectivity index (χ3n) is 2.26. The Hall–Kier alpha value is -1.16. The maximum Gasteiger partial charge on any atom is 0.152 e. The minimum Gasteiger partial charge on any atom is -0.267 e. The topological polar surface area (TPSA) is 17.8 Å². The van der Waals surface area contributed by atoms with Crippen molar-refractivity contribution in [2.75, 3.05) is 0 Å². The van der Waals surface area contributed by atoms with Crippen molar-refractivity contribution in [1.29, 1.82) is 0 Å². The Kier molecular flexibility index (Phi) is 2.38. The summed E-state index contributed by atoms with van der Waals surface area (Å²) >= 11 is 3.27. The van der Waals surface area contributed by atoms with Gasteiger partial charge in [0, 0.05) is 16.9 Å². The SMILES string of the molecule is C=C(C)c1c2cc(Br)cc(F)c2nn1C. The number of hydrogen-bond donors (Lipinski definition) is 0. The molecule has 0 aliphatic heterocycles. The third-order valence-corrected chi connectivity index (χ3v) is 2.72. The van der Waals surface area contributed by atoms with Crippen LogP contribution in [0, 0.1) is 5.82 Å². The zero-order valence-electron chi connectivity index (χ0n) is 8.51. The summed E-state index contributed by atoms with van der Waals surface area (Å²) in [7, 11) is 1.79. The molecular formula is C11H10BrFN2. The number of aromatic nitrogens is 2. The molecule has 2 aromatic rings. The summed E-state index contributed by atoms with van der Waals surface area (Å²) in [5, 5.41) is 4.92. The monoisotopic (exact) mass is 268 g/mol. The van der Waals surface area contributed by atoms with Crippen molar-refractivity contribution in [1.82, 2.24) is 9.78 Å². The first-order chi connectivity index (χ1) is 7.00. The lowest BCUT2D eigenvalue weighted by atomic mass is 10.1. The molecule has 1 aromatic carbocycles. The van der Waals surface area contributed by atoms with E-state index < -0.39 is 0 Å². The van der Waals surface area contributed by atoms with E-state index in [1.807, 2.05) is 13.0 Å². The average Bonchev–Trinajstić information content (AvgIpc) is 2.41. The molecule has 1 heterocycles. The lowest BCUT2D eigenvalue weighted by Crippen LogP contribution is -1.94. The summed E-state index contributed by atoms with van der Waals surface area (Å²) in [6.45, 7) is 5.75. The smallest absolute Gasteiger partial charge is 0.152 e. The van der Waals surface area contributed by atoms with E-state index in [2.05, 4.69) is 27.6 Å². The van der Waals surface area contributed by atoms with E-state index in [1.165, 1.54) is 6.07 Å². The van der Waals surface area contributed by atoms with Crippen LogP contribution >= 0.6 is 15.9 Å². The second kappa shape index (κ2) is 3.45. The first kappa shape index (κ1) is 10.4. The van der Waals surface area contributed by atoms with E-state index in [0.717, 1.165) is 16.7 Å². The van der Waals surface area contributed by atoms with Gasteiger partial charge >= 0.3 is 0 Å². The van der Waals surface area contributed by atoms with Crippen molar-refractivity contribution < 1.29 is 4.39 Å². The first-order valence-corrected chi connectivity index (χ1v) is 5.27. The van der Waals surface area contributed by atoms with Gasteiger partial charge in [-0.2, -0.15) is 5.10 Å².